The van der Waals surface area contributed by atoms with Gasteiger partial charge in [-0.1, -0.05) is 12.1 Å². The highest BCUT2D eigenvalue weighted by Gasteiger charge is 2.14. The van der Waals surface area contributed by atoms with Gasteiger partial charge in [-0.2, -0.15) is 5.10 Å². The topological polar surface area (TPSA) is 94.2 Å². The maximum Gasteiger partial charge on any atom is 0.146 e. The third-order valence-corrected chi connectivity index (χ3v) is 2.60. The predicted molar refractivity (Wildman–Crippen MR) is 72.8 cm³/mol. The fraction of sp³-hybridized carbons (Fsp3) is 0.167. The fourth-order valence-corrected chi connectivity index (χ4v) is 1.82. The molecule has 0 fully saturated rings. The largest absolute Gasteiger partial charge is 0.399 e. The van der Waals surface area contributed by atoms with Crippen molar-refractivity contribution in [1.29, 1.82) is 0 Å². The lowest BCUT2D eigenvalue weighted by Gasteiger charge is -2.05. The molecule has 2 aromatic rings. The van der Waals surface area contributed by atoms with Crippen LogP contribution < -0.4 is 17.0 Å². The van der Waals surface area contributed by atoms with Crippen LogP contribution in [0.3, 0.4) is 0 Å². The molecule has 1 heterocycles. The zero-order valence-corrected chi connectivity index (χ0v) is 10.4. The van der Waals surface area contributed by atoms with E-state index in [1.54, 1.807) is 11.7 Å². The van der Waals surface area contributed by atoms with Crippen LogP contribution in [0, 0.1) is 0 Å². The van der Waals surface area contributed by atoms with Crippen LogP contribution in [0.5, 0.6) is 0 Å². The molecule has 0 aliphatic heterocycles. The van der Waals surface area contributed by atoms with Crippen molar-refractivity contribution in [2.24, 2.45) is 17.9 Å². The van der Waals surface area contributed by atoms with Crippen molar-refractivity contribution in [3.63, 3.8) is 0 Å². The van der Waals surface area contributed by atoms with E-state index in [1.165, 1.54) is 0 Å². The van der Waals surface area contributed by atoms with E-state index in [4.69, 9.17) is 11.6 Å². The molecule has 1 aromatic carbocycles. The van der Waals surface area contributed by atoms with Gasteiger partial charge in [0.25, 0.3) is 0 Å². The molecule has 0 spiro atoms. The summed E-state index contributed by atoms with van der Waals surface area (Å²) in [5, 5.41) is 4.42. The number of nitrogens with two attached hydrogens (primary N) is 2. The maximum absolute atomic E-state index is 5.79. The first-order chi connectivity index (χ1) is 8.65. The van der Waals surface area contributed by atoms with E-state index in [0.29, 0.717) is 11.5 Å². The Morgan fingerprint density at radius 2 is 2.22 bits per heavy atom. The van der Waals surface area contributed by atoms with Crippen LogP contribution in [-0.2, 0) is 7.05 Å². The van der Waals surface area contributed by atoms with Crippen LogP contribution >= 0.6 is 0 Å². The minimum absolute atomic E-state index is 0.584. The fourth-order valence-electron chi connectivity index (χ4n) is 1.82. The normalized spacial score (nSPS) is 11.6. The number of nitrogens with zero attached hydrogens (tertiary/aromatic N) is 3. The van der Waals surface area contributed by atoms with Gasteiger partial charge in [0.15, 0.2) is 0 Å². The second-order valence-corrected chi connectivity index (χ2v) is 3.91. The monoisotopic (exact) mass is 244 g/mol. The predicted octanol–water partition coefficient (Wildman–Crippen LogP) is 0.509. The second kappa shape index (κ2) is 4.89. The summed E-state index contributed by atoms with van der Waals surface area (Å²) >= 11 is 0. The molecule has 18 heavy (non-hydrogen) atoms. The number of anilines is 1. The van der Waals surface area contributed by atoms with Crippen molar-refractivity contribution in [3.05, 3.63) is 36.0 Å². The van der Waals surface area contributed by atoms with Crippen molar-refractivity contribution in [2.75, 3.05) is 12.8 Å². The average Bonchev–Trinajstić information content (AvgIpc) is 2.73. The Morgan fingerprint density at radius 1 is 1.44 bits per heavy atom. The highest BCUT2D eigenvalue weighted by atomic mass is 15.3. The van der Waals surface area contributed by atoms with Crippen molar-refractivity contribution in [3.8, 4) is 11.3 Å². The van der Waals surface area contributed by atoms with E-state index in [2.05, 4.69) is 15.5 Å². The van der Waals surface area contributed by atoms with Crippen LogP contribution in [0.2, 0.25) is 0 Å². The number of amidine groups is 1. The van der Waals surface area contributed by atoms with E-state index >= 15 is 0 Å². The number of aryl methyl sites for hydroxylation is 1. The molecule has 6 nitrogen and oxygen atoms in total. The first-order valence-corrected chi connectivity index (χ1v) is 5.49. The summed E-state index contributed by atoms with van der Waals surface area (Å²) in [6.07, 6.45) is 1.86. The highest BCUT2D eigenvalue weighted by Crippen LogP contribution is 2.23. The smallest absolute Gasteiger partial charge is 0.146 e. The molecule has 0 atom stereocenters. The standard InChI is InChI=1S/C12H16N6/c1-15-12(16-14)10-7-18(2)17-11(10)8-4-3-5-9(13)6-8/h3-7H,13-14H2,1-2H3,(H,15,16). The first-order valence-electron chi connectivity index (χ1n) is 5.49. The summed E-state index contributed by atoms with van der Waals surface area (Å²) in [5.41, 5.74) is 11.6. The average molecular weight is 244 g/mol. The number of nitrogen functional groups attached to an aromatic ring is 1. The van der Waals surface area contributed by atoms with Gasteiger partial charge in [-0.05, 0) is 12.1 Å². The van der Waals surface area contributed by atoms with Crippen LogP contribution in [0.4, 0.5) is 5.69 Å². The van der Waals surface area contributed by atoms with Crippen molar-refractivity contribution < 1.29 is 0 Å². The number of hydrazine groups is 1. The molecule has 0 amide bonds. The lowest BCUT2D eigenvalue weighted by atomic mass is 10.1. The summed E-state index contributed by atoms with van der Waals surface area (Å²) in [4.78, 5) is 4.09. The summed E-state index contributed by atoms with van der Waals surface area (Å²) in [6, 6.07) is 7.55. The SMILES string of the molecule is CN=C(NN)c1cn(C)nc1-c1cccc(N)c1. The van der Waals surface area contributed by atoms with Gasteiger partial charge in [-0.15, -0.1) is 0 Å². The zero-order valence-electron chi connectivity index (χ0n) is 10.4. The van der Waals surface area contributed by atoms with Crippen LogP contribution in [0.15, 0.2) is 35.5 Å². The van der Waals surface area contributed by atoms with E-state index in [-0.39, 0.29) is 0 Å². The Morgan fingerprint density at radius 3 is 2.83 bits per heavy atom. The molecule has 0 aliphatic rings. The van der Waals surface area contributed by atoms with Gasteiger partial charge in [-0.3, -0.25) is 9.67 Å². The van der Waals surface area contributed by atoms with E-state index < -0.39 is 0 Å². The summed E-state index contributed by atoms with van der Waals surface area (Å²) in [6.45, 7) is 0. The number of rotatable bonds is 2. The second-order valence-electron chi connectivity index (χ2n) is 3.91. The van der Waals surface area contributed by atoms with E-state index in [1.807, 2.05) is 37.5 Å². The third-order valence-electron chi connectivity index (χ3n) is 2.60. The van der Waals surface area contributed by atoms with Crippen molar-refractivity contribution in [2.45, 2.75) is 0 Å². The molecule has 0 unspecified atom stereocenters. The maximum atomic E-state index is 5.79. The summed E-state index contributed by atoms with van der Waals surface area (Å²) in [7, 11) is 3.52. The number of benzene rings is 1. The van der Waals surface area contributed by atoms with Gasteiger partial charge in [0.1, 0.15) is 11.5 Å². The lowest BCUT2D eigenvalue weighted by Crippen LogP contribution is -2.31. The molecule has 5 N–H and O–H groups in total. The van der Waals surface area contributed by atoms with Gasteiger partial charge in [-0.25, -0.2) is 5.84 Å². The Labute approximate surface area is 105 Å². The van der Waals surface area contributed by atoms with E-state index in [0.717, 1.165) is 16.8 Å². The molecular formula is C12H16N6. The Hall–Kier alpha value is -2.34. The third kappa shape index (κ3) is 2.18. The molecule has 2 rings (SSSR count). The minimum atomic E-state index is 0.584. The number of nitrogens with one attached hydrogen (secondary N) is 1. The van der Waals surface area contributed by atoms with Gasteiger partial charge in [0.05, 0.1) is 5.56 Å². The molecular weight excluding hydrogens is 228 g/mol. The summed E-state index contributed by atoms with van der Waals surface area (Å²) in [5.74, 6) is 6.04. The molecule has 0 radical (unpaired) electrons. The quantitative estimate of drug-likeness (QED) is 0.236. The van der Waals surface area contributed by atoms with Crippen LogP contribution in [0.25, 0.3) is 11.3 Å². The highest BCUT2D eigenvalue weighted by molar-refractivity contribution is 6.03. The van der Waals surface area contributed by atoms with Gasteiger partial charge >= 0.3 is 0 Å². The van der Waals surface area contributed by atoms with Crippen LogP contribution in [0.1, 0.15) is 5.56 Å². The number of aliphatic imine (C=N–C) groups is 1. The Kier molecular flexibility index (Phi) is 3.29. The molecule has 94 valence electrons. The molecule has 1 aromatic heterocycles. The van der Waals surface area contributed by atoms with Crippen LogP contribution in [-0.4, -0.2) is 22.7 Å². The van der Waals surface area contributed by atoms with Crippen molar-refractivity contribution in [1.82, 2.24) is 15.2 Å². The van der Waals surface area contributed by atoms with E-state index in [9.17, 15) is 0 Å². The Bertz CT molecular complexity index is 584. The minimum Gasteiger partial charge on any atom is -0.399 e. The van der Waals surface area contributed by atoms with Gasteiger partial charge < -0.3 is 11.2 Å². The molecule has 6 heteroatoms. The van der Waals surface area contributed by atoms with Crippen molar-refractivity contribution >= 4 is 11.5 Å². The lowest BCUT2D eigenvalue weighted by molar-refractivity contribution is 0.770. The Balaban J connectivity index is 2.58. The number of aromatic nitrogens is 2. The number of hydrogen-bond donors (Lipinski definition) is 3. The zero-order chi connectivity index (χ0) is 13.1. The first kappa shape index (κ1) is 12.1. The molecule has 0 aliphatic carbocycles. The van der Waals surface area contributed by atoms with Gasteiger partial charge in [0.2, 0.25) is 0 Å². The molecule has 0 bridgehead atoms. The molecule has 0 saturated heterocycles. The molecule has 0 saturated carbocycles. The number of hydrogen-bond acceptors (Lipinski definition) is 4. The summed E-state index contributed by atoms with van der Waals surface area (Å²) < 4.78 is 1.72. The van der Waals surface area contributed by atoms with Gasteiger partial charge in [0, 0.05) is 31.5 Å².